The third kappa shape index (κ3) is 3.95. The van der Waals surface area contributed by atoms with Crippen LogP contribution in [-0.2, 0) is 19.1 Å². The van der Waals surface area contributed by atoms with Crippen molar-refractivity contribution in [2.45, 2.75) is 46.1 Å². The Morgan fingerprint density at radius 3 is 2.75 bits per heavy atom. The van der Waals surface area contributed by atoms with Gasteiger partial charge in [0.05, 0.1) is 19.1 Å². The van der Waals surface area contributed by atoms with Crippen molar-refractivity contribution in [2.75, 3.05) is 19.8 Å². The lowest BCUT2D eigenvalue weighted by atomic mass is 9.81. The molecule has 2 aliphatic rings. The second kappa shape index (κ2) is 6.12. The zero-order chi connectivity index (χ0) is 14.8. The molecule has 0 aliphatic carbocycles. The highest BCUT2D eigenvalue weighted by molar-refractivity contribution is 5.78. The first-order valence-electron chi connectivity index (χ1n) is 7.40. The third-order valence-electron chi connectivity index (χ3n) is 4.04. The van der Waals surface area contributed by atoms with Crippen LogP contribution in [0.15, 0.2) is 0 Å². The number of carbonyl (C=O) groups excluding carboxylic acids is 2. The van der Waals surface area contributed by atoms with Crippen LogP contribution in [-0.4, -0.2) is 37.7 Å². The van der Waals surface area contributed by atoms with Gasteiger partial charge in [-0.3, -0.25) is 9.59 Å². The normalized spacial score (nSPS) is 30.4. The average Bonchev–Trinajstić information content (AvgIpc) is 2.94. The maximum atomic E-state index is 11.9. The van der Waals surface area contributed by atoms with E-state index in [2.05, 4.69) is 26.1 Å². The van der Waals surface area contributed by atoms with Gasteiger partial charge in [0.25, 0.3) is 0 Å². The highest BCUT2D eigenvalue weighted by atomic mass is 16.5. The standard InChI is InChI=1S/C15H25NO4/c1-15(2,3)14-11(4-5-19-14)8-16-12(17)6-10-7-13(18)20-9-10/h10-11,14H,4-9H2,1-3H3,(H,16,17)/t10-,11+,14-/m0/s1. The van der Waals surface area contributed by atoms with Gasteiger partial charge in [0.15, 0.2) is 0 Å². The molecule has 0 unspecified atom stereocenters. The van der Waals surface area contributed by atoms with E-state index in [1.54, 1.807) is 0 Å². The van der Waals surface area contributed by atoms with Gasteiger partial charge in [-0.1, -0.05) is 20.8 Å². The van der Waals surface area contributed by atoms with Crippen molar-refractivity contribution in [2.24, 2.45) is 17.3 Å². The number of nitrogens with one attached hydrogen (secondary N) is 1. The molecule has 0 aromatic rings. The second-order valence-corrected chi connectivity index (χ2v) is 6.97. The van der Waals surface area contributed by atoms with Crippen molar-refractivity contribution in [1.29, 1.82) is 0 Å². The van der Waals surface area contributed by atoms with Gasteiger partial charge in [-0.2, -0.15) is 0 Å². The van der Waals surface area contributed by atoms with Gasteiger partial charge >= 0.3 is 5.97 Å². The molecule has 0 bridgehead atoms. The van der Waals surface area contributed by atoms with E-state index in [1.807, 2.05) is 0 Å². The summed E-state index contributed by atoms with van der Waals surface area (Å²) >= 11 is 0. The Labute approximate surface area is 120 Å². The topological polar surface area (TPSA) is 64.6 Å². The van der Waals surface area contributed by atoms with Gasteiger partial charge in [-0.15, -0.1) is 0 Å². The maximum Gasteiger partial charge on any atom is 0.306 e. The summed E-state index contributed by atoms with van der Waals surface area (Å²) in [6.45, 7) is 8.30. The molecule has 114 valence electrons. The van der Waals surface area contributed by atoms with Gasteiger partial charge in [0.2, 0.25) is 5.91 Å². The van der Waals surface area contributed by atoms with Gasteiger partial charge in [0.1, 0.15) is 0 Å². The Morgan fingerprint density at radius 1 is 1.40 bits per heavy atom. The monoisotopic (exact) mass is 283 g/mol. The summed E-state index contributed by atoms with van der Waals surface area (Å²) in [7, 11) is 0. The molecule has 2 aliphatic heterocycles. The van der Waals surface area contributed by atoms with Gasteiger partial charge in [0, 0.05) is 31.4 Å². The van der Waals surface area contributed by atoms with Crippen molar-refractivity contribution in [1.82, 2.24) is 5.32 Å². The summed E-state index contributed by atoms with van der Waals surface area (Å²) in [6.07, 6.45) is 1.93. The Hall–Kier alpha value is -1.10. The molecule has 20 heavy (non-hydrogen) atoms. The molecule has 0 aromatic carbocycles. The second-order valence-electron chi connectivity index (χ2n) is 6.97. The summed E-state index contributed by atoms with van der Waals surface area (Å²) < 4.78 is 10.7. The minimum atomic E-state index is -0.195. The summed E-state index contributed by atoms with van der Waals surface area (Å²) in [4.78, 5) is 22.9. The predicted molar refractivity (Wildman–Crippen MR) is 74.0 cm³/mol. The van der Waals surface area contributed by atoms with Crippen molar-refractivity contribution in [3.8, 4) is 0 Å². The fourth-order valence-corrected chi connectivity index (χ4v) is 3.07. The minimum Gasteiger partial charge on any atom is -0.465 e. The van der Waals surface area contributed by atoms with Crippen LogP contribution in [0.2, 0.25) is 0 Å². The number of amides is 1. The molecule has 0 saturated carbocycles. The SMILES string of the molecule is CC(C)(C)[C@H]1OCC[C@@H]1CNC(=O)C[C@@H]1COC(=O)C1. The third-order valence-corrected chi connectivity index (χ3v) is 4.04. The molecule has 5 heteroatoms. The molecule has 1 N–H and O–H groups in total. The fourth-order valence-electron chi connectivity index (χ4n) is 3.07. The number of rotatable bonds is 4. The Bertz CT molecular complexity index is 375. The minimum absolute atomic E-state index is 0.00728. The van der Waals surface area contributed by atoms with E-state index in [1.165, 1.54) is 0 Å². The van der Waals surface area contributed by atoms with Crippen LogP contribution >= 0.6 is 0 Å². The average molecular weight is 283 g/mol. The zero-order valence-electron chi connectivity index (χ0n) is 12.6. The molecule has 0 spiro atoms. The lowest BCUT2D eigenvalue weighted by molar-refractivity contribution is -0.138. The van der Waals surface area contributed by atoms with E-state index in [9.17, 15) is 9.59 Å². The highest BCUT2D eigenvalue weighted by Crippen LogP contribution is 2.34. The predicted octanol–water partition coefficient (Wildman–Crippen LogP) is 1.51. The van der Waals surface area contributed by atoms with E-state index in [0.29, 0.717) is 31.9 Å². The Kier molecular flexibility index (Phi) is 4.68. The lowest BCUT2D eigenvalue weighted by Crippen LogP contribution is -2.39. The number of cyclic esters (lactones) is 1. The molecule has 1 amide bonds. The first kappa shape index (κ1) is 15.3. The van der Waals surface area contributed by atoms with Crippen molar-refractivity contribution in [3.63, 3.8) is 0 Å². The van der Waals surface area contributed by atoms with Crippen LogP contribution in [0, 0.1) is 17.3 Å². The van der Waals surface area contributed by atoms with Crippen LogP contribution in [0.4, 0.5) is 0 Å². The maximum absolute atomic E-state index is 11.9. The summed E-state index contributed by atoms with van der Waals surface area (Å²) in [5.74, 6) is 0.230. The number of esters is 1. The summed E-state index contributed by atoms with van der Waals surface area (Å²) in [6, 6.07) is 0. The molecule has 5 nitrogen and oxygen atoms in total. The molecule has 2 heterocycles. The number of carbonyl (C=O) groups is 2. The fraction of sp³-hybridized carbons (Fsp3) is 0.867. The van der Waals surface area contributed by atoms with E-state index in [4.69, 9.17) is 9.47 Å². The van der Waals surface area contributed by atoms with E-state index in [-0.39, 0.29) is 29.3 Å². The number of hydrogen-bond donors (Lipinski definition) is 1. The van der Waals surface area contributed by atoms with Gasteiger partial charge in [-0.25, -0.2) is 0 Å². The van der Waals surface area contributed by atoms with Crippen LogP contribution in [0.5, 0.6) is 0 Å². The lowest BCUT2D eigenvalue weighted by Gasteiger charge is -2.31. The Morgan fingerprint density at radius 2 is 2.15 bits per heavy atom. The number of ether oxygens (including phenoxy) is 2. The zero-order valence-corrected chi connectivity index (χ0v) is 12.6. The van der Waals surface area contributed by atoms with E-state index in [0.717, 1.165) is 13.0 Å². The van der Waals surface area contributed by atoms with Crippen molar-refractivity contribution < 1.29 is 19.1 Å². The number of hydrogen-bond acceptors (Lipinski definition) is 4. The van der Waals surface area contributed by atoms with E-state index >= 15 is 0 Å². The highest BCUT2D eigenvalue weighted by Gasteiger charge is 2.37. The van der Waals surface area contributed by atoms with Crippen molar-refractivity contribution >= 4 is 11.9 Å². The van der Waals surface area contributed by atoms with Crippen LogP contribution < -0.4 is 5.32 Å². The molecule has 2 fully saturated rings. The molecular weight excluding hydrogens is 258 g/mol. The molecule has 2 saturated heterocycles. The molecular formula is C15H25NO4. The Balaban J connectivity index is 1.74. The van der Waals surface area contributed by atoms with Gasteiger partial charge in [-0.05, 0) is 11.8 Å². The molecule has 0 aromatic heterocycles. The first-order valence-corrected chi connectivity index (χ1v) is 7.40. The smallest absolute Gasteiger partial charge is 0.306 e. The van der Waals surface area contributed by atoms with Crippen LogP contribution in [0.3, 0.4) is 0 Å². The molecule has 3 atom stereocenters. The summed E-state index contributed by atoms with van der Waals surface area (Å²) in [5, 5.41) is 2.98. The van der Waals surface area contributed by atoms with E-state index < -0.39 is 0 Å². The van der Waals surface area contributed by atoms with Crippen LogP contribution in [0.25, 0.3) is 0 Å². The summed E-state index contributed by atoms with van der Waals surface area (Å²) in [5.41, 5.74) is 0.0948. The molecule has 2 rings (SSSR count). The first-order chi connectivity index (χ1) is 9.36. The van der Waals surface area contributed by atoms with Crippen molar-refractivity contribution in [3.05, 3.63) is 0 Å². The van der Waals surface area contributed by atoms with Crippen LogP contribution in [0.1, 0.15) is 40.0 Å². The largest absolute Gasteiger partial charge is 0.465 e. The quantitative estimate of drug-likeness (QED) is 0.794. The van der Waals surface area contributed by atoms with Gasteiger partial charge < -0.3 is 14.8 Å². The molecule has 0 radical (unpaired) electrons.